The van der Waals surface area contributed by atoms with E-state index < -0.39 is 11.8 Å². The van der Waals surface area contributed by atoms with Crippen molar-refractivity contribution in [1.82, 2.24) is 0 Å². The molecule has 108 valence electrons. The predicted octanol–water partition coefficient (Wildman–Crippen LogP) is 3.39. The Kier molecular flexibility index (Phi) is 4.82. The number of anilines is 2. The topological polar surface area (TPSA) is 78.4 Å². The molecule has 0 saturated carbocycles. The number of carbonyl (C=O) groups excluding carboxylic acids is 2. The van der Waals surface area contributed by atoms with Gasteiger partial charge in [-0.15, -0.1) is 0 Å². The van der Waals surface area contributed by atoms with Gasteiger partial charge in [0.25, 0.3) is 0 Å². The normalized spacial score (nSPS) is 10.0. The molecule has 0 saturated heterocycles. The van der Waals surface area contributed by atoms with E-state index in [1.807, 2.05) is 0 Å². The van der Waals surface area contributed by atoms with Gasteiger partial charge in [0.2, 0.25) is 0 Å². The summed E-state index contributed by atoms with van der Waals surface area (Å²) in [5.41, 5.74) is 0.530. The molecule has 7 heteroatoms. The van der Waals surface area contributed by atoms with E-state index in [4.69, 9.17) is 11.6 Å². The largest absolute Gasteiger partial charge is 0.506 e. The van der Waals surface area contributed by atoms with Crippen LogP contribution in [0.1, 0.15) is 0 Å². The second-order valence-electron chi connectivity index (χ2n) is 4.05. The Labute approximate surface area is 134 Å². The number of amides is 2. The lowest BCUT2D eigenvalue weighted by atomic mass is 10.3. The third kappa shape index (κ3) is 3.96. The zero-order valence-corrected chi connectivity index (χ0v) is 12.9. The molecular weight excluding hydrogens is 360 g/mol. The van der Waals surface area contributed by atoms with Gasteiger partial charge in [0.15, 0.2) is 0 Å². The van der Waals surface area contributed by atoms with Crippen molar-refractivity contribution < 1.29 is 14.7 Å². The molecule has 21 heavy (non-hydrogen) atoms. The van der Waals surface area contributed by atoms with Crippen LogP contribution in [0.2, 0.25) is 5.02 Å². The van der Waals surface area contributed by atoms with E-state index in [1.165, 1.54) is 18.2 Å². The van der Waals surface area contributed by atoms with Crippen LogP contribution in [0.4, 0.5) is 11.4 Å². The molecule has 0 bridgehead atoms. The molecular formula is C14H10BrClN2O3. The maximum absolute atomic E-state index is 11.8. The highest BCUT2D eigenvalue weighted by molar-refractivity contribution is 9.10. The number of carbonyl (C=O) groups is 2. The van der Waals surface area contributed by atoms with Gasteiger partial charge in [0, 0.05) is 9.50 Å². The van der Waals surface area contributed by atoms with Gasteiger partial charge in [0.1, 0.15) is 5.75 Å². The first kappa shape index (κ1) is 15.3. The van der Waals surface area contributed by atoms with E-state index in [0.717, 1.165) is 0 Å². The van der Waals surface area contributed by atoms with Crippen LogP contribution in [0.5, 0.6) is 5.75 Å². The van der Waals surface area contributed by atoms with Crippen molar-refractivity contribution in [3.63, 3.8) is 0 Å². The smallest absolute Gasteiger partial charge is 0.314 e. The fourth-order valence-corrected chi connectivity index (χ4v) is 2.09. The van der Waals surface area contributed by atoms with Gasteiger partial charge < -0.3 is 15.7 Å². The molecule has 0 aliphatic heterocycles. The third-order valence-corrected chi connectivity index (χ3v) is 3.46. The highest BCUT2D eigenvalue weighted by atomic mass is 79.9. The molecule has 2 aromatic carbocycles. The lowest BCUT2D eigenvalue weighted by Crippen LogP contribution is -2.29. The molecule has 0 unspecified atom stereocenters. The van der Waals surface area contributed by atoms with Crippen LogP contribution in [-0.4, -0.2) is 16.9 Å². The van der Waals surface area contributed by atoms with E-state index in [0.29, 0.717) is 15.2 Å². The Morgan fingerprint density at radius 1 is 1.00 bits per heavy atom. The fourth-order valence-electron chi connectivity index (χ4n) is 1.53. The zero-order chi connectivity index (χ0) is 15.4. The standard InChI is InChI=1S/C14H10BrClN2O3/c15-9-3-1-2-4-10(9)17-13(20)14(21)18-11-7-8(16)5-6-12(11)19/h1-7,19H,(H,17,20)(H,18,21). The maximum atomic E-state index is 11.8. The highest BCUT2D eigenvalue weighted by Gasteiger charge is 2.16. The quantitative estimate of drug-likeness (QED) is 0.561. The number of rotatable bonds is 2. The van der Waals surface area contributed by atoms with Crippen molar-refractivity contribution in [1.29, 1.82) is 0 Å². The third-order valence-electron chi connectivity index (χ3n) is 2.54. The Morgan fingerprint density at radius 3 is 2.29 bits per heavy atom. The van der Waals surface area contributed by atoms with Crippen LogP contribution in [0.3, 0.4) is 0 Å². The molecule has 5 nitrogen and oxygen atoms in total. The molecule has 0 heterocycles. The lowest BCUT2D eigenvalue weighted by molar-refractivity contribution is -0.133. The number of hydrogen-bond donors (Lipinski definition) is 3. The first-order valence-corrected chi connectivity index (χ1v) is 7.00. The molecule has 0 spiro atoms. The first-order chi connectivity index (χ1) is 9.97. The van der Waals surface area contributed by atoms with Crippen molar-refractivity contribution in [2.24, 2.45) is 0 Å². The summed E-state index contributed by atoms with van der Waals surface area (Å²) in [5.74, 6) is -1.95. The molecule has 0 atom stereocenters. The number of halogens is 2. The number of benzene rings is 2. The molecule has 3 N–H and O–H groups in total. The average Bonchev–Trinajstić information content (AvgIpc) is 2.45. The molecule has 2 rings (SSSR count). The van der Waals surface area contributed by atoms with Gasteiger partial charge in [0.05, 0.1) is 11.4 Å². The minimum Gasteiger partial charge on any atom is -0.506 e. The minimum absolute atomic E-state index is 0.0646. The molecule has 0 aliphatic carbocycles. The second-order valence-corrected chi connectivity index (χ2v) is 5.34. The van der Waals surface area contributed by atoms with E-state index in [2.05, 4.69) is 26.6 Å². The van der Waals surface area contributed by atoms with E-state index in [1.54, 1.807) is 24.3 Å². The van der Waals surface area contributed by atoms with Crippen LogP contribution in [-0.2, 0) is 9.59 Å². The summed E-state index contributed by atoms with van der Waals surface area (Å²) in [4.78, 5) is 23.6. The molecule has 0 aromatic heterocycles. The predicted molar refractivity (Wildman–Crippen MR) is 84.5 cm³/mol. The van der Waals surface area contributed by atoms with Gasteiger partial charge in [-0.1, -0.05) is 23.7 Å². The molecule has 0 aliphatic rings. The van der Waals surface area contributed by atoms with E-state index in [-0.39, 0.29) is 11.4 Å². The first-order valence-electron chi connectivity index (χ1n) is 5.83. The van der Waals surface area contributed by atoms with Crippen LogP contribution < -0.4 is 10.6 Å². The summed E-state index contributed by atoms with van der Waals surface area (Å²) in [6.45, 7) is 0. The Hall–Kier alpha value is -2.05. The van der Waals surface area contributed by atoms with E-state index >= 15 is 0 Å². The summed E-state index contributed by atoms with van der Waals surface area (Å²) in [5, 5.41) is 14.7. The molecule has 2 aromatic rings. The fraction of sp³-hybridized carbons (Fsp3) is 0. The SMILES string of the molecule is O=C(Nc1cc(Cl)ccc1O)C(=O)Nc1ccccc1Br. The number of nitrogens with one attached hydrogen (secondary N) is 2. The zero-order valence-electron chi connectivity index (χ0n) is 10.6. The molecule has 0 fully saturated rings. The van der Waals surface area contributed by atoms with Crippen molar-refractivity contribution in [2.75, 3.05) is 10.6 Å². The maximum Gasteiger partial charge on any atom is 0.314 e. The van der Waals surface area contributed by atoms with Crippen molar-refractivity contribution in [3.05, 3.63) is 52.0 Å². The number of phenols is 1. The van der Waals surface area contributed by atoms with Crippen molar-refractivity contribution >= 4 is 50.7 Å². The average molecular weight is 370 g/mol. The van der Waals surface area contributed by atoms with Gasteiger partial charge >= 0.3 is 11.8 Å². The number of para-hydroxylation sites is 1. The Balaban J connectivity index is 2.08. The number of hydrogen-bond acceptors (Lipinski definition) is 3. The minimum atomic E-state index is -0.914. The summed E-state index contributed by atoms with van der Waals surface area (Å²) in [6.07, 6.45) is 0. The van der Waals surface area contributed by atoms with Gasteiger partial charge in [-0.05, 0) is 46.3 Å². The number of phenolic OH excluding ortho intramolecular Hbond substituents is 1. The van der Waals surface area contributed by atoms with Crippen molar-refractivity contribution in [2.45, 2.75) is 0 Å². The van der Waals surface area contributed by atoms with Crippen LogP contribution in [0.25, 0.3) is 0 Å². The monoisotopic (exact) mass is 368 g/mol. The summed E-state index contributed by atoms with van der Waals surface area (Å²) in [6, 6.07) is 11.0. The Bertz CT molecular complexity index is 706. The van der Waals surface area contributed by atoms with Crippen LogP contribution >= 0.6 is 27.5 Å². The van der Waals surface area contributed by atoms with Crippen molar-refractivity contribution in [3.8, 4) is 5.75 Å². The summed E-state index contributed by atoms with van der Waals surface area (Å²) >= 11 is 9.02. The van der Waals surface area contributed by atoms with Gasteiger partial charge in [-0.3, -0.25) is 9.59 Å². The van der Waals surface area contributed by atoms with Crippen LogP contribution in [0.15, 0.2) is 46.9 Å². The highest BCUT2D eigenvalue weighted by Crippen LogP contribution is 2.26. The summed E-state index contributed by atoms with van der Waals surface area (Å²) < 4.78 is 0.650. The molecule has 2 amide bonds. The summed E-state index contributed by atoms with van der Waals surface area (Å²) in [7, 11) is 0. The number of aromatic hydroxyl groups is 1. The lowest BCUT2D eigenvalue weighted by Gasteiger charge is -2.09. The van der Waals surface area contributed by atoms with Gasteiger partial charge in [-0.25, -0.2) is 0 Å². The van der Waals surface area contributed by atoms with E-state index in [9.17, 15) is 14.7 Å². The second kappa shape index (κ2) is 6.60. The molecule has 0 radical (unpaired) electrons. The van der Waals surface area contributed by atoms with Gasteiger partial charge in [-0.2, -0.15) is 0 Å². The Morgan fingerprint density at radius 2 is 1.62 bits per heavy atom. The van der Waals surface area contributed by atoms with Crippen LogP contribution in [0, 0.1) is 0 Å².